The summed E-state index contributed by atoms with van der Waals surface area (Å²) in [7, 11) is 0. The van der Waals surface area contributed by atoms with Gasteiger partial charge in [-0.25, -0.2) is 0 Å². The summed E-state index contributed by atoms with van der Waals surface area (Å²) in [6.07, 6.45) is 68.7. The minimum absolute atomic E-state index is 0.104. The maximum absolute atomic E-state index is 12.8. The van der Waals surface area contributed by atoms with Crippen molar-refractivity contribution >= 4 is 17.9 Å². The van der Waals surface area contributed by atoms with Crippen LogP contribution in [-0.2, 0) is 28.6 Å². The highest BCUT2D eigenvalue weighted by molar-refractivity contribution is 5.71. The zero-order chi connectivity index (χ0) is 47.2. The number of carbonyl (C=O) groups excluding carboxylic acids is 3. The number of hydrogen-bond acceptors (Lipinski definition) is 6. The predicted molar refractivity (Wildman–Crippen MR) is 279 cm³/mol. The fourth-order valence-electron chi connectivity index (χ4n) is 7.35. The summed E-state index contributed by atoms with van der Waals surface area (Å²) in [6.45, 7) is 6.45. The first-order valence-corrected chi connectivity index (χ1v) is 27.1. The molecule has 0 rings (SSSR count). The van der Waals surface area contributed by atoms with Gasteiger partial charge in [0, 0.05) is 19.3 Å². The second kappa shape index (κ2) is 53.2. The van der Waals surface area contributed by atoms with Crippen LogP contribution < -0.4 is 0 Å². The molecule has 0 aromatic rings. The fraction of sp³-hybridized carbons (Fsp3) is 0.712. The van der Waals surface area contributed by atoms with E-state index in [0.717, 1.165) is 89.9 Å². The summed E-state index contributed by atoms with van der Waals surface area (Å²) in [5, 5.41) is 0. The molecule has 6 heteroatoms. The van der Waals surface area contributed by atoms with E-state index in [2.05, 4.69) is 99.8 Å². The molecule has 0 amide bonds. The van der Waals surface area contributed by atoms with Gasteiger partial charge in [-0.3, -0.25) is 14.4 Å². The Kier molecular flexibility index (Phi) is 50.4. The Morgan fingerprint density at radius 1 is 0.323 bits per heavy atom. The number of unbranched alkanes of at least 4 members (excludes halogenated alkanes) is 23. The second-order valence-electron chi connectivity index (χ2n) is 17.8. The van der Waals surface area contributed by atoms with Gasteiger partial charge in [-0.15, -0.1) is 0 Å². The molecular weight excluding hydrogens is 805 g/mol. The summed E-state index contributed by atoms with van der Waals surface area (Å²) >= 11 is 0. The Labute approximate surface area is 401 Å². The SMILES string of the molecule is CC/C=C\C/C=C\C/C=C\C/C=C\C/C=C\C/C=C\CCC(=O)OCC(COC(=O)CCCCCCCCCCCCCCCC)OC(=O)CCCCC/C=C\CCCCCCCCC. The number of hydrogen-bond donors (Lipinski definition) is 0. The van der Waals surface area contributed by atoms with E-state index in [1.807, 2.05) is 6.08 Å². The Morgan fingerprint density at radius 2 is 0.631 bits per heavy atom. The van der Waals surface area contributed by atoms with Crippen LogP contribution in [0.4, 0.5) is 0 Å². The van der Waals surface area contributed by atoms with Crippen LogP contribution in [0.2, 0.25) is 0 Å². The van der Waals surface area contributed by atoms with Crippen LogP contribution in [-0.4, -0.2) is 37.2 Å². The van der Waals surface area contributed by atoms with Crippen molar-refractivity contribution in [1.29, 1.82) is 0 Å². The first-order valence-electron chi connectivity index (χ1n) is 27.1. The van der Waals surface area contributed by atoms with Crippen molar-refractivity contribution in [2.24, 2.45) is 0 Å². The molecule has 0 bridgehead atoms. The summed E-state index contributed by atoms with van der Waals surface area (Å²) in [5.41, 5.74) is 0. The molecule has 0 spiro atoms. The van der Waals surface area contributed by atoms with Crippen LogP contribution >= 0.6 is 0 Å². The van der Waals surface area contributed by atoms with Crippen molar-refractivity contribution in [3.63, 3.8) is 0 Å². The van der Waals surface area contributed by atoms with Gasteiger partial charge in [0.25, 0.3) is 0 Å². The van der Waals surface area contributed by atoms with E-state index in [-0.39, 0.29) is 37.5 Å². The third-order valence-electron chi connectivity index (χ3n) is 11.4. The molecule has 372 valence electrons. The molecule has 0 aromatic carbocycles. The molecule has 0 fully saturated rings. The third-order valence-corrected chi connectivity index (χ3v) is 11.4. The fourth-order valence-corrected chi connectivity index (χ4v) is 7.35. The summed E-state index contributed by atoms with van der Waals surface area (Å²) in [6, 6.07) is 0. The number of rotatable bonds is 48. The molecule has 0 saturated heterocycles. The quantitative estimate of drug-likeness (QED) is 0.0262. The van der Waals surface area contributed by atoms with Crippen molar-refractivity contribution in [2.45, 2.75) is 258 Å². The maximum Gasteiger partial charge on any atom is 0.306 e. The second-order valence-corrected chi connectivity index (χ2v) is 17.8. The molecule has 0 aliphatic heterocycles. The van der Waals surface area contributed by atoms with Crippen molar-refractivity contribution in [3.05, 3.63) is 85.1 Å². The van der Waals surface area contributed by atoms with Gasteiger partial charge in [0.05, 0.1) is 0 Å². The lowest BCUT2D eigenvalue weighted by atomic mass is 10.0. The average molecular weight is 905 g/mol. The molecule has 1 unspecified atom stereocenters. The largest absolute Gasteiger partial charge is 0.462 e. The average Bonchev–Trinajstić information content (AvgIpc) is 3.30. The van der Waals surface area contributed by atoms with Gasteiger partial charge in [-0.05, 0) is 83.5 Å². The standard InChI is InChI=1S/C59H100O6/c1-4-7-10-13-16-19-22-25-28-29-30-31-32-35-37-40-43-46-49-52-58(61)64-55-56(65-59(62)53-50-47-44-41-38-34-27-24-21-18-15-12-9-6-3)54-63-57(60)51-48-45-42-39-36-33-26-23-20-17-14-11-8-5-2/h7,10,16,19,25,28,30-31,34-35,37-38,43,46,56H,4-6,8-9,11-15,17-18,20-24,26-27,29,32-33,36,39-42,44-45,47-55H2,1-3H3/b10-7-,19-16-,28-25-,31-30-,37-35-,38-34-,46-43-. The molecule has 0 N–H and O–H groups in total. The minimum Gasteiger partial charge on any atom is -0.462 e. The Morgan fingerprint density at radius 3 is 1.05 bits per heavy atom. The van der Waals surface area contributed by atoms with E-state index >= 15 is 0 Å². The van der Waals surface area contributed by atoms with E-state index in [9.17, 15) is 14.4 Å². The highest BCUT2D eigenvalue weighted by Gasteiger charge is 2.19. The molecule has 0 aromatic heterocycles. The zero-order valence-electron chi connectivity index (χ0n) is 42.5. The van der Waals surface area contributed by atoms with Gasteiger partial charge in [-0.2, -0.15) is 0 Å². The van der Waals surface area contributed by atoms with Crippen LogP contribution in [0.1, 0.15) is 252 Å². The number of ether oxygens (including phenoxy) is 3. The van der Waals surface area contributed by atoms with Crippen LogP contribution in [0.5, 0.6) is 0 Å². The molecule has 0 aliphatic carbocycles. The van der Waals surface area contributed by atoms with E-state index in [4.69, 9.17) is 14.2 Å². The van der Waals surface area contributed by atoms with Gasteiger partial charge in [0.15, 0.2) is 6.10 Å². The lowest BCUT2D eigenvalue weighted by Gasteiger charge is -2.18. The Bertz CT molecular complexity index is 1270. The van der Waals surface area contributed by atoms with Gasteiger partial charge >= 0.3 is 17.9 Å². The predicted octanol–water partition coefficient (Wildman–Crippen LogP) is 18.0. The monoisotopic (exact) mass is 905 g/mol. The molecule has 1 atom stereocenters. The lowest BCUT2D eigenvalue weighted by molar-refractivity contribution is -0.166. The van der Waals surface area contributed by atoms with Crippen molar-refractivity contribution in [2.75, 3.05) is 13.2 Å². The zero-order valence-corrected chi connectivity index (χ0v) is 42.5. The maximum atomic E-state index is 12.8. The number of allylic oxidation sites excluding steroid dienone is 14. The molecule has 0 saturated carbocycles. The molecule has 0 aliphatic rings. The van der Waals surface area contributed by atoms with Crippen LogP contribution in [0, 0.1) is 0 Å². The highest BCUT2D eigenvalue weighted by atomic mass is 16.6. The topological polar surface area (TPSA) is 78.9 Å². The minimum atomic E-state index is -0.813. The molecular formula is C59H100O6. The Balaban J connectivity index is 4.50. The third kappa shape index (κ3) is 51.4. The normalized spacial score (nSPS) is 12.7. The van der Waals surface area contributed by atoms with Crippen LogP contribution in [0.15, 0.2) is 85.1 Å². The van der Waals surface area contributed by atoms with Gasteiger partial charge in [0.1, 0.15) is 13.2 Å². The number of esters is 3. The van der Waals surface area contributed by atoms with Crippen molar-refractivity contribution < 1.29 is 28.6 Å². The lowest BCUT2D eigenvalue weighted by Crippen LogP contribution is -2.30. The number of carbonyl (C=O) groups is 3. The molecule has 65 heavy (non-hydrogen) atoms. The Hall–Kier alpha value is -3.41. The van der Waals surface area contributed by atoms with E-state index < -0.39 is 6.10 Å². The van der Waals surface area contributed by atoms with Crippen LogP contribution in [0.3, 0.4) is 0 Å². The van der Waals surface area contributed by atoms with Gasteiger partial charge in [-0.1, -0.05) is 234 Å². The van der Waals surface area contributed by atoms with Gasteiger partial charge < -0.3 is 14.2 Å². The van der Waals surface area contributed by atoms with Gasteiger partial charge in [0.2, 0.25) is 0 Å². The molecule has 0 heterocycles. The van der Waals surface area contributed by atoms with Crippen molar-refractivity contribution in [1.82, 2.24) is 0 Å². The highest BCUT2D eigenvalue weighted by Crippen LogP contribution is 2.15. The summed E-state index contributed by atoms with van der Waals surface area (Å²) in [4.78, 5) is 38.0. The summed E-state index contributed by atoms with van der Waals surface area (Å²) in [5.74, 6) is -1.00. The van der Waals surface area contributed by atoms with E-state index in [1.54, 1.807) is 0 Å². The molecule has 0 radical (unpaired) electrons. The van der Waals surface area contributed by atoms with E-state index in [0.29, 0.717) is 19.3 Å². The first-order chi connectivity index (χ1) is 32.0. The summed E-state index contributed by atoms with van der Waals surface area (Å²) < 4.78 is 16.7. The van der Waals surface area contributed by atoms with Crippen LogP contribution in [0.25, 0.3) is 0 Å². The van der Waals surface area contributed by atoms with Crippen molar-refractivity contribution in [3.8, 4) is 0 Å². The molecule has 6 nitrogen and oxygen atoms in total. The smallest absolute Gasteiger partial charge is 0.306 e. The first kappa shape index (κ1) is 61.6. The van der Waals surface area contributed by atoms with E-state index in [1.165, 1.54) is 116 Å².